The topological polar surface area (TPSA) is 67.4 Å². The predicted molar refractivity (Wildman–Crippen MR) is 82.7 cm³/mol. The number of methoxy groups -OCH3 is 1. The molecule has 0 bridgehead atoms. The van der Waals surface area contributed by atoms with E-state index in [4.69, 9.17) is 4.74 Å². The molecule has 2 N–H and O–H groups in total. The van der Waals surface area contributed by atoms with Gasteiger partial charge in [0.1, 0.15) is 4.21 Å². The molecule has 0 saturated heterocycles. The molecule has 1 aromatic heterocycles. The zero-order valence-corrected chi connectivity index (χ0v) is 14.3. The molecule has 1 rings (SSSR count). The molecule has 0 aliphatic heterocycles. The lowest BCUT2D eigenvalue weighted by atomic mass is 10.3. The van der Waals surface area contributed by atoms with Crippen LogP contribution in [0.15, 0.2) is 10.3 Å². The van der Waals surface area contributed by atoms with Crippen molar-refractivity contribution >= 4 is 21.4 Å². The third-order valence-electron chi connectivity index (χ3n) is 2.90. The first-order chi connectivity index (χ1) is 9.26. The van der Waals surface area contributed by atoms with E-state index >= 15 is 0 Å². The van der Waals surface area contributed by atoms with Gasteiger partial charge in [-0.25, -0.2) is 13.1 Å². The second-order valence-corrected chi connectivity index (χ2v) is 8.24. The van der Waals surface area contributed by atoms with E-state index in [1.165, 1.54) is 11.3 Å². The monoisotopic (exact) mass is 320 g/mol. The molecule has 1 atom stereocenters. The van der Waals surface area contributed by atoms with E-state index in [1.807, 2.05) is 13.8 Å². The predicted octanol–water partition coefficient (Wildman–Crippen LogP) is 1.87. The van der Waals surface area contributed by atoms with E-state index in [9.17, 15) is 8.42 Å². The maximum Gasteiger partial charge on any atom is 0.250 e. The highest BCUT2D eigenvalue weighted by atomic mass is 32.2. The van der Waals surface area contributed by atoms with Crippen LogP contribution < -0.4 is 10.0 Å². The molecule has 1 aromatic rings. The van der Waals surface area contributed by atoms with Gasteiger partial charge >= 0.3 is 0 Å². The number of nitrogens with one attached hydrogen (secondary N) is 2. The Hall–Kier alpha value is -0.470. The standard InChI is InChI=1S/C13H24N2O3S2/c1-9(2)14-8-12-10(3)6-13(19-12)20(16,17)15-7-11(4)18-5/h6,9,11,14-15H,7-8H2,1-5H3. The SMILES string of the molecule is COC(C)CNS(=O)(=O)c1cc(C)c(CNC(C)C)s1. The van der Waals surface area contributed by atoms with E-state index in [0.29, 0.717) is 16.8 Å². The van der Waals surface area contributed by atoms with Crippen LogP contribution in [0, 0.1) is 6.92 Å². The maximum atomic E-state index is 12.2. The number of aryl methyl sites for hydroxylation is 1. The van der Waals surface area contributed by atoms with Crippen LogP contribution in [0.3, 0.4) is 0 Å². The molecule has 7 heteroatoms. The smallest absolute Gasteiger partial charge is 0.250 e. The summed E-state index contributed by atoms with van der Waals surface area (Å²) in [6.45, 7) is 8.85. The third kappa shape index (κ3) is 5.14. The van der Waals surface area contributed by atoms with Crippen LogP contribution in [0.1, 0.15) is 31.2 Å². The van der Waals surface area contributed by atoms with Gasteiger partial charge in [0.2, 0.25) is 10.0 Å². The highest BCUT2D eigenvalue weighted by Crippen LogP contribution is 2.25. The molecule has 116 valence electrons. The van der Waals surface area contributed by atoms with Crippen molar-refractivity contribution in [2.45, 2.75) is 50.6 Å². The summed E-state index contributed by atoms with van der Waals surface area (Å²) in [5.41, 5.74) is 1.00. The van der Waals surface area contributed by atoms with Crippen LogP contribution >= 0.6 is 11.3 Å². The summed E-state index contributed by atoms with van der Waals surface area (Å²) in [4.78, 5) is 1.05. The average molecular weight is 320 g/mol. The third-order valence-corrected chi connectivity index (χ3v) is 6.03. The molecule has 0 spiro atoms. The first-order valence-electron chi connectivity index (χ1n) is 6.61. The Morgan fingerprint density at radius 1 is 1.35 bits per heavy atom. The van der Waals surface area contributed by atoms with Crippen molar-refractivity contribution in [2.75, 3.05) is 13.7 Å². The molecule has 1 unspecified atom stereocenters. The van der Waals surface area contributed by atoms with Gasteiger partial charge in [-0.2, -0.15) is 0 Å². The number of hydrogen-bond donors (Lipinski definition) is 2. The first-order valence-corrected chi connectivity index (χ1v) is 8.91. The second-order valence-electron chi connectivity index (χ2n) is 5.11. The Balaban J connectivity index is 2.78. The lowest BCUT2D eigenvalue weighted by molar-refractivity contribution is 0.122. The van der Waals surface area contributed by atoms with Crippen LogP contribution in [0.5, 0.6) is 0 Å². The Morgan fingerprint density at radius 3 is 2.55 bits per heavy atom. The zero-order chi connectivity index (χ0) is 15.3. The molecular formula is C13H24N2O3S2. The van der Waals surface area contributed by atoms with Gasteiger partial charge in [-0.15, -0.1) is 11.3 Å². The van der Waals surface area contributed by atoms with Crippen molar-refractivity contribution in [3.63, 3.8) is 0 Å². The summed E-state index contributed by atoms with van der Waals surface area (Å²) in [5, 5.41) is 3.30. The second kappa shape index (κ2) is 7.51. The molecule has 20 heavy (non-hydrogen) atoms. The number of hydrogen-bond acceptors (Lipinski definition) is 5. The Kier molecular flexibility index (Phi) is 6.60. The fraction of sp³-hybridized carbons (Fsp3) is 0.692. The van der Waals surface area contributed by atoms with Crippen LogP contribution in [0.2, 0.25) is 0 Å². The van der Waals surface area contributed by atoms with Crippen molar-refractivity contribution < 1.29 is 13.2 Å². The van der Waals surface area contributed by atoms with Gasteiger partial charge in [0.15, 0.2) is 0 Å². The molecule has 0 radical (unpaired) electrons. The van der Waals surface area contributed by atoms with E-state index in [1.54, 1.807) is 13.2 Å². The zero-order valence-electron chi connectivity index (χ0n) is 12.7. The lowest BCUT2D eigenvalue weighted by Gasteiger charge is -2.10. The fourth-order valence-electron chi connectivity index (χ4n) is 1.47. The summed E-state index contributed by atoms with van der Waals surface area (Å²) < 4.78 is 32.3. The summed E-state index contributed by atoms with van der Waals surface area (Å²) in [6.07, 6.45) is -0.145. The summed E-state index contributed by atoms with van der Waals surface area (Å²) in [5.74, 6) is 0. The van der Waals surface area contributed by atoms with E-state index in [2.05, 4.69) is 23.9 Å². The van der Waals surface area contributed by atoms with Crippen molar-refractivity contribution in [1.82, 2.24) is 10.0 Å². The first kappa shape index (κ1) is 17.6. The van der Waals surface area contributed by atoms with Crippen LogP contribution in [0.4, 0.5) is 0 Å². The molecule has 0 aliphatic rings. The molecule has 0 amide bonds. The van der Waals surface area contributed by atoms with Gasteiger partial charge in [-0.3, -0.25) is 0 Å². The van der Waals surface area contributed by atoms with Crippen LogP contribution in [-0.2, 0) is 21.3 Å². The van der Waals surface area contributed by atoms with E-state index < -0.39 is 10.0 Å². The largest absolute Gasteiger partial charge is 0.380 e. The number of rotatable bonds is 8. The molecule has 0 saturated carbocycles. The Morgan fingerprint density at radius 2 is 2.00 bits per heavy atom. The van der Waals surface area contributed by atoms with Gasteiger partial charge in [0.05, 0.1) is 6.10 Å². The summed E-state index contributed by atoms with van der Waals surface area (Å²) in [7, 11) is -1.89. The summed E-state index contributed by atoms with van der Waals surface area (Å²) in [6, 6.07) is 2.10. The van der Waals surface area contributed by atoms with Gasteiger partial charge < -0.3 is 10.1 Å². The number of ether oxygens (including phenoxy) is 1. The van der Waals surface area contributed by atoms with Gasteiger partial charge in [0, 0.05) is 31.1 Å². The van der Waals surface area contributed by atoms with Gasteiger partial charge in [-0.05, 0) is 25.5 Å². The highest BCUT2D eigenvalue weighted by Gasteiger charge is 2.19. The number of thiophene rings is 1. The molecule has 5 nitrogen and oxygen atoms in total. The normalized spacial score (nSPS) is 13.9. The van der Waals surface area contributed by atoms with Crippen molar-refractivity contribution in [3.05, 3.63) is 16.5 Å². The van der Waals surface area contributed by atoms with Gasteiger partial charge in [0.25, 0.3) is 0 Å². The number of sulfonamides is 1. The lowest BCUT2D eigenvalue weighted by Crippen LogP contribution is -2.31. The minimum absolute atomic E-state index is 0.145. The molecule has 0 fully saturated rings. The van der Waals surface area contributed by atoms with Gasteiger partial charge in [-0.1, -0.05) is 13.8 Å². The maximum absolute atomic E-state index is 12.2. The fourth-order valence-corrected chi connectivity index (χ4v) is 4.17. The minimum atomic E-state index is -3.44. The minimum Gasteiger partial charge on any atom is -0.380 e. The average Bonchev–Trinajstić information content (AvgIpc) is 2.75. The van der Waals surface area contributed by atoms with Crippen LogP contribution in [0.25, 0.3) is 0 Å². The van der Waals surface area contributed by atoms with Crippen molar-refractivity contribution in [2.24, 2.45) is 0 Å². The molecule has 0 aliphatic carbocycles. The van der Waals surface area contributed by atoms with E-state index in [0.717, 1.165) is 10.4 Å². The van der Waals surface area contributed by atoms with E-state index in [-0.39, 0.29) is 12.6 Å². The molecular weight excluding hydrogens is 296 g/mol. The van der Waals surface area contributed by atoms with Crippen molar-refractivity contribution in [1.29, 1.82) is 0 Å². The van der Waals surface area contributed by atoms with Crippen LogP contribution in [-0.4, -0.2) is 34.2 Å². The Bertz CT molecular complexity index is 524. The molecule has 1 heterocycles. The quantitative estimate of drug-likeness (QED) is 0.767. The highest BCUT2D eigenvalue weighted by molar-refractivity contribution is 7.91. The molecule has 0 aromatic carbocycles. The Labute approximate surface area is 125 Å². The van der Waals surface area contributed by atoms with Crippen molar-refractivity contribution in [3.8, 4) is 0 Å². The summed E-state index contributed by atoms with van der Waals surface area (Å²) >= 11 is 1.31.